The Kier molecular flexibility index (Phi) is 4.23. The molecule has 2 aromatic rings. The lowest BCUT2D eigenvalue weighted by molar-refractivity contribution is 0.160. The highest BCUT2D eigenvalue weighted by molar-refractivity contribution is 9.10. The highest BCUT2D eigenvalue weighted by atomic mass is 79.9. The van der Waals surface area contributed by atoms with Gasteiger partial charge in [0.15, 0.2) is 5.82 Å². The molecule has 1 aromatic heterocycles. The predicted octanol–water partition coefficient (Wildman–Crippen LogP) is 3.77. The molecule has 3 fully saturated rings. The van der Waals surface area contributed by atoms with Gasteiger partial charge in [-0.05, 0) is 59.3 Å². The van der Waals surface area contributed by atoms with Gasteiger partial charge in [0, 0.05) is 33.9 Å². The summed E-state index contributed by atoms with van der Waals surface area (Å²) < 4.78 is 0.743. The summed E-state index contributed by atoms with van der Waals surface area (Å²) >= 11 is 3.60. The first-order valence-corrected chi connectivity index (χ1v) is 10.4. The molecule has 4 heterocycles. The number of rotatable bonds is 2. The predicted molar refractivity (Wildman–Crippen MR) is 108 cm³/mol. The van der Waals surface area contributed by atoms with E-state index >= 15 is 0 Å². The number of piperidine rings is 2. The quantitative estimate of drug-likeness (QED) is 0.667. The van der Waals surface area contributed by atoms with Gasteiger partial charge in [-0.1, -0.05) is 12.1 Å². The Bertz CT molecular complexity index is 1050. The minimum absolute atomic E-state index is 0.252. The Morgan fingerprint density at radius 3 is 2.71 bits per heavy atom. The first-order chi connectivity index (χ1) is 13.7. The Hall–Kier alpha value is -2.61. The zero-order valence-electron chi connectivity index (χ0n) is 15.2. The Morgan fingerprint density at radius 2 is 2.04 bits per heavy atom. The number of H-pyrrole nitrogens is 1. The number of nitriles is 2. The number of aromatic amines is 1. The number of nitrogens with one attached hydrogen (secondary N) is 3. The molecule has 1 saturated carbocycles. The Balaban J connectivity index is 1.68. The molecule has 4 atom stereocenters. The molecule has 6 nitrogen and oxygen atoms in total. The summed E-state index contributed by atoms with van der Waals surface area (Å²) in [6.07, 6.45) is 5.34. The maximum atomic E-state index is 10.2. The van der Waals surface area contributed by atoms with E-state index in [1.807, 2.05) is 18.3 Å². The van der Waals surface area contributed by atoms with Crippen LogP contribution in [0, 0.1) is 34.5 Å². The SMILES string of the molecule is N#CC1=C(C2CC3CCC2NC3)Nc2n[nH]cc2C1c1cccc(C#N)c1Br. The van der Waals surface area contributed by atoms with Gasteiger partial charge in [0.2, 0.25) is 0 Å². The first kappa shape index (κ1) is 17.5. The maximum Gasteiger partial charge on any atom is 0.156 e. The second-order valence-electron chi connectivity index (χ2n) is 7.81. The third-order valence-corrected chi connectivity index (χ3v) is 7.28. The topological polar surface area (TPSA) is 100 Å². The summed E-state index contributed by atoms with van der Waals surface area (Å²) in [5.41, 5.74) is 4.14. The standard InChI is InChI=1S/C21H19BrN6/c22-19-12(7-23)2-1-3-13(19)18-15(8-24)20(27-21-16(18)10-26-28-21)14-6-11-4-5-17(14)25-9-11/h1-3,10-11,14,17-18,25H,4-6,9H2,(H2,26,27,28). The summed E-state index contributed by atoms with van der Waals surface area (Å²) in [6, 6.07) is 10.8. The molecule has 6 rings (SSSR count). The van der Waals surface area contributed by atoms with Gasteiger partial charge in [-0.3, -0.25) is 5.10 Å². The normalized spacial score (nSPS) is 28.2. The highest BCUT2D eigenvalue weighted by Crippen LogP contribution is 2.48. The van der Waals surface area contributed by atoms with E-state index in [2.05, 4.69) is 48.9 Å². The molecule has 4 aliphatic rings. The van der Waals surface area contributed by atoms with Crippen LogP contribution in [0.2, 0.25) is 0 Å². The number of fused-ring (bicyclic) bond motifs is 4. The van der Waals surface area contributed by atoms with Crippen LogP contribution in [0.1, 0.15) is 41.9 Å². The van der Waals surface area contributed by atoms with Crippen molar-refractivity contribution in [1.29, 1.82) is 10.5 Å². The number of benzene rings is 1. The fraction of sp³-hybridized carbons (Fsp3) is 0.381. The zero-order valence-corrected chi connectivity index (χ0v) is 16.8. The van der Waals surface area contributed by atoms with Gasteiger partial charge in [0.05, 0.1) is 23.1 Å². The van der Waals surface area contributed by atoms with Gasteiger partial charge in [-0.25, -0.2) is 0 Å². The van der Waals surface area contributed by atoms with Crippen molar-refractivity contribution in [3.05, 3.63) is 56.8 Å². The summed E-state index contributed by atoms with van der Waals surface area (Å²) in [4.78, 5) is 0. The summed E-state index contributed by atoms with van der Waals surface area (Å²) in [7, 11) is 0. The molecule has 0 radical (unpaired) electrons. The van der Waals surface area contributed by atoms with Crippen molar-refractivity contribution in [2.45, 2.75) is 31.2 Å². The molecular weight excluding hydrogens is 416 g/mol. The molecule has 0 amide bonds. The van der Waals surface area contributed by atoms with Crippen LogP contribution in [0.3, 0.4) is 0 Å². The van der Waals surface area contributed by atoms with Crippen LogP contribution in [0.15, 0.2) is 40.1 Å². The van der Waals surface area contributed by atoms with Gasteiger partial charge >= 0.3 is 0 Å². The highest BCUT2D eigenvalue weighted by Gasteiger charge is 2.42. The molecule has 3 N–H and O–H groups in total. The molecule has 4 unspecified atom stereocenters. The zero-order chi connectivity index (χ0) is 19.3. The molecule has 7 heteroatoms. The van der Waals surface area contributed by atoms with E-state index in [0.29, 0.717) is 17.5 Å². The van der Waals surface area contributed by atoms with Crippen LogP contribution in [-0.4, -0.2) is 22.8 Å². The van der Waals surface area contributed by atoms with Crippen LogP contribution < -0.4 is 10.6 Å². The third-order valence-electron chi connectivity index (χ3n) is 6.39. The fourth-order valence-corrected chi connectivity index (χ4v) is 5.63. The number of halogens is 1. The second-order valence-corrected chi connectivity index (χ2v) is 8.60. The molecule has 3 aliphatic heterocycles. The third kappa shape index (κ3) is 2.58. The maximum absolute atomic E-state index is 10.2. The van der Waals surface area contributed by atoms with Crippen LogP contribution in [-0.2, 0) is 0 Å². The summed E-state index contributed by atoms with van der Waals surface area (Å²) in [6.45, 7) is 1.07. The lowest BCUT2D eigenvalue weighted by Crippen LogP contribution is -2.52. The molecule has 28 heavy (non-hydrogen) atoms. The fourth-order valence-electron chi connectivity index (χ4n) is 5.05. The minimum Gasteiger partial charge on any atom is -0.341 e. The molecule has 1 aliphatic carbocycles. The smallest absolute Gasteiger partial charge is 0.156 e. The molecule has 0 spiro atoms. The largest absolute Gasteiger partial charge is 0.341 e. The van der Waals surface area contributed by atoms with Crippen LogP contribution in [0.25, 0.3) is 0 Å². The Labute approximate surface area is 171 Å². The van der Waals surface area contributed by atoms with Crippen molar-refractivity contribution in [3.8, 4) is 12.1 Å². The van der Waals surface area contributed by atoms with Gasteiger partial charge in [-0.2, -0.15) is 15.6 Å². The lowest BCUT2D eigenvalue weighted by Gasteiger charge is -2.45. The van der Waals surface area contributed by atoms with Gasteiger partial charge in [-0.15, -0.1) is 0 Å². The van der Waals surface area contributed by atoms with Crippen LogP contribution in [0.5, 0.6) is 0 Å². The van der Waals surface area contributed by atoms with E-state index in [4.69, 9.17) is 0 Å². The van der Waals surface area contributed by atoms with Crippen molar-refractivity contribution in [1.82, 2.24) is 15.5 Å². The van der Waals surface area contributed by atoms with Crippen molar-refractivity contribution >= 4 is 21.7 Å². The lowest BCUT2D eigenvalue weighted by atomic mass is 9.70. The molecule has 2 bridgehead atoms. The number of hydrogen-bond donors (Lipinski definition) is 3. The van der Waals surface area contributed by atoms with Crippen molar-refractivity contribution < 1.29 is 0 Å². The minimum atomic E-state index is -0.252. The second kappa shape index (κ2) is 6.77. The number of anilines is 1. The van der Waals surface area contributed by atoms with E-state index in [-0.39, 0.29) is 11.8 Å². The number of nitrogens with zero attached hydrogens (tertiary/aromatic N) is 3. The van der Waals surface area contributed by atoms with Gasteiger partial charge in [0.1, 0.15) is 6.07 Å². The molecule has 1 aromatic carbocycles. The molecule has 2 saturated heterocycles. The van der Waals surface area contributed by atoms with E-state index in [1.54, 1.807) is 6.07 Å². The van der Waals surface area contributed by atoms with Crippen LogP contribution in [0.4, 0.5) is 5.82 Å². The Morgan fingerprint density at radius 1 is 1.14 bits per heavy atom. The number of aromatic nitrogens is 2. The van der Waals surface area contributed by atoms with Crippen molar-refractivity contribution in [3.63, 3.8) is 0 Å². The first-order valence-electron chi connectivity index (χ1n) is 9.58. The summed E-state index contributed by atoms with van der Waals surface area (Å²) in [5.74, 6) is 1.47. The monoisotopic (exact) mass is 434 g/mol. The number of allylic oxidation sites excluding steroid dienone is 1. The van der Waals surface area contributed by atoms with Gasteiger partial charge < -0.3 is 10.6 Å². The molecule has 140 valence electrons. The average Bonchev–Trinajstić information content (AvgIpc) is 3.22. The van der Waals surface area contributed by atoms with E-state index in [0.717, 1.165) is 52.1 Å². The van der Waals surface area contributed by atoms with Crippen molar-refractivity contribution in [2.75, 3.05) is 11.9 Å². The van der Waals surface area contributed by atoms with E-state index in [1.165, 1.54) is 6.42 Å². The average molecular weight is 435 g/mol. The van der Waals surface area contributed by atoms with E-state index < -0.39 is 0 Å². The van der Waals surface area contributed by atoms with E-state index in [9.17, 15) is 10.5 Å². The molecular formula is C21H19BrN6. The van der Waals surface area contributed by atoms with Crippen molar-refractivity contribution in [2.24, 2.45) is 11.8 Å². The van der Waals surface area contributed by atoms with Gasteiger partial charge in [0.25, 0.3) is 0 Å². The van der Waals surface area contributed by atoms with Crippen LogP contribution >= 0.6 is 15.9 Å². The summed E-state index contributed by atoms with van der Waals surface area (Å²) in [5, 5.41) is 34.1. The number of hydrogen-bond acceptors (Lipinski definition) is 5.